The molecule has 6 nitrogen and oxygen atoms in total. The number of halogens is 1. The van der Waals surface area contributed by atoms with Gasteiger partial charge in [-0.15, -0.1) is 24.0 Å². The van der Waals surface area contributed by atoms with E-state index in [1.807, 2.05) is 26.0 Å². The number of nitrogens with zero attached hydrogens (tertiary/aromatic N) is 4. The number of carbonyl (C=O) groups excluding carboxylic acids is 1. The summed E-state index contributed by atoms with van der Waals surface area (Å²) in [6.45, 7) is 3.82. The quantitative estimate of drug-likeness (QED) is 0.385. The Bertz CT molecular complexity index is 560. The smallest absolute Gasteiger partial charge is 0.243 e. The standard InChI is InChI=1S/C18H31N5O.HI/c1-7-11-19-18(20-13-17(24)22(4)5)23(6)14-15-9-8-10-16(12-15)21(2)3;/h8-10,12H,7,11,13-14H2,1-6H3,(H,19,20);1H. The fourth-order valence-corrected chi connectivity index (χ4v) is 2.11. The van der Waals surface area contributed by atoms with Gasteiger partial charge in [0.2, 0.25) is 5.91 Å². The summed E-state index contributed by atoms with van der Waals surface area (Å²) in [5.41, 5.74) is 2.37. The van der Waals surface area contributed by atoms with E-state index in [4.69, 9.17) is 0 Å². The van der Waals surface area contributed by atoms with E-state index in [2.05, 4.69) is 46.4 Å². The van der Waals surface area contributed by atoms with E-state index in [0.717, 1.165) is 25.5 Å². The number of hydrogen-bond acceptors (Lipinski definition) is 3. The molecule has 0 unspecified atom stereocenters. The molecule has 0 fully saturated rings. The Labute approximate surface area is 169 Å². The zero-order chi connectivity index (χ0) is 18.1. The van der Waals surface area contributed by atoms with Gasteiger partial charge in [-0.1, -0.05) is 19.1 Å². The van der Waals surface area contributed by atoms with Gasteiger partial charge in [0, 0.05) is 54.0 Å². The minimum absolute atomic E-state index is 0. The Kier molecular flexibility index (Phi) is 11.2. The van der Waals surface area contributed by atoms with E-state index >= 15 is 0 Å². The second kappa shape index (κ2) is 11.9. The Hall–Kier alpha value is -1.51. The molecule has 1 aromatic carbocycles. The first-order valence-corrected chi connectivity index (χ1v) is 8.31. The highest BCUT2D eigenvalue weighted by Crippen LogP contribution is 2.14. The molecule has 0 spiro atoms. The van der Waals surface area contributed by atoms with Crippen molar-refractivity contribution in [3.8, 4) is 0 Å². The fourth-order valence-electron chi connectivity index (χ4n) is 2.11. The second-order valence-corrected chi connectivity index (χ2v) is 6.28. The average molecular weight is 461 g/mol. The van der Waals surface area contributed by atoms with E-state index in [-0.39, 0.29) is 36.4 Å². The third-order valence-electron chi connectivity index (χ3n) is 3.60. The molecule has 142 valence electrons. The lowest BCUT2D eigenvalue weighted by atomic mass is 10.2. The van der Waals surface area contributed by atoms with E-state index < -0.39 is 0 Å². The number of guanidine groups is 1. The average Bonchev–Trinajstić information content (AvgIpc) is 2.54. The summed E-state index contributed by atoms with van der Waals surface area (Å²) in [6, 6.07) is 8.42. The van der Waals surface area contributed by atoms with Gasteiger partial charge >= 0.3 is 0 Å². The van der Waals surface area contributed by atoms with Crippen LogP contribution in [0.2, 0.25) is 0 Å². The molecule has 25 heavy (non-hydrogen) atoms. The first-order chi connectivity index (χ1) is 11.3. The van der Waals surface area contributed by atoms with Crippen molar-refractivity contribution in [3.63, 3.8) is 0 Å². The minimum atomic E-state index is -0.00574. The third-order valence-corrected chi connectivity index (χ3v) is 3.60. The van der Waals surface area contributed by atoms with E-state index in [9.17, 15) is 4.79 Å². The lowest BCUT2D eigenvalue weighted by Gasteiger charge is -2.23. The predicted molar refractivity (Wildman–Crippen MR) is 117 cm³/mol. The molecule has 0 aliphatic heterocycles. The van der Waals surface area contributed by atoms with Crippen molar-refractivity contribution >= 4 is 41.5 Å². The van der Waals surface area contributed by atoms with Crippen molar-refractivity contribution in [2.24, 2.45) is 4.99 Å². The number of amides is 1. The van der Waals surface area contributed by atoms with Gasteiger partial charge < -0.3 is 20.0 Å². The fraction of sp³-hybridized carbons (Fsp3) is 0.556. The largest absolute Gasteiger partial charge is 0.378 e. The Morgan fingerprint density at radius 2 is 1.84 bits per heavy atom. The molecule has 0 aromatic heterocycles. The Balaban J connectivity index is 0.00000576. The molecule has 7 heteroatoms. The first-order valence-electron chi connectivity index (χ1n) is 8.31. The molecular weight excluding hydrogens is 429 g/mol. The number of anilines is 1. The molecule has 1 aromatic rings. The molecule has 1 amide bonds. The number of rotatable bonds is 7. The van der Waals surface area contributed by atoms with Crippen LogP contribution in [0.3, 0.4) is 0 Å². The zero-order valence-corrected chi connectivity index (χ0v) is 18.6. The molecule has 0 aliphatic carbocycles. The number of nitrogens with one attached hydrogen (secondary N) is 1. The molecular formula is C18H32IN5O. The van der Waals surface area contributed by atoms with Gasteiger partial charge in [-0.05, 0) is 24.1 Å². The molecule has 0 aliphatic rings. The summed E-state index contributed by atoms with van der Waals surface area (Å²) in [6.07, 6.45) is 1.00. The van der Waals surface area contributed by atoms with Gasteiger partial charge in [0.25, 0.3) is 0 Å². The van der Waals surface area contributed by atoms with Crippen LogP contribution in [0, 0.1) is 0 Å². The number of likely N-dealkylation sites (N-methyl/N-ethyl adjacent to an activating group) is 1. The van der Waals surface area contributed by atoms with Gasteiger partial charge in [-0.25, -0.2) is 4.99 Å². The van der Waals surface area contributed by atoms with Crippen LogP contribution in [0.15, 0.2) is 29.3 Å². The Morgan fingerprint density at radius 3 is 2.40 bits per heavy atom. The van der Waals surface area contributed by atoms with Crippen LogP contribution in [0.4, 0.5) is 5.69 Å². The number of aliphatic imine (C=N–C) groups is 1. The van der Waals surface area contributed by atoms with Crippen molar-refractivity contribution in [1.82, 2.24) is 15.1 Å². The van der Waals surface area contributed by atoms with Gasteiger partial charge in [0.1, 0.15) is 6.54 Å². The number of carbonyl (C=O) groups is 1. The summed E-state index contributed by atoms with van der Waals surface area (Å²) in [5.74, 6) is 0.746. The van der Waals surface area contributed by atoms with Gasteiger partial charge in [0.05, 0.1) is 0 Å². The number of benzene rings is 1. The van der Waals surface area contributed by atoms with Crippen LogP contribution in [0.1, 0.15) is 18.9 Å². The summed E-state index contributed by atoms with van der Waals surface area (Å²) < 4.78 is 0. The minimum Gasteiger partial charge on any atom is -0.378 e. The molecule has 0 bridgehead atoms. The van der Waals surface area contributed by atoms with Crippen LogP contribution in [0.25, 0.3) is 0 Å². The zero-order valence-electron chi connectivity index (χ0n) is 16.2. The molecule has 1 rings (SSSR count). The lowest BCUT2D eigenvalue weighted by Crippen LogP contribution is -2.40. The monoisotopic (exact) mass is 461 g/mol. The summed E-state index contributed by atoms with van der Waals surface area (Å²) in [5, 5.41) is 3.32. The molecule has 0 heterocycles. The number of hydrogen-bond donors (Lipinski definition) is 1. The van der Waals surface area contributed by atoms with Crippen LogP contribution < -0.4 is 10.2 Å². The first kappa shape index (κ1) is 23.5. The van der Waals surface area contributed by atoms with Crippen molar-refractivity contribution in [3.05, 3.63) is 29.8 Å². The maximum absolute atomic E-state index is 11.8. The maximum Gasteiger partial charge on any atom is 0.243 e. The van der Waals surface area contributed by atoms with Crippen molar-refractivity contribution in [2.45, 2.75) is 19.9 Å². The molecule has 0 saturated carbocycles. The van der Waals surface area contributed by atoms with Crippen molar-refractivity contribution < 1.29 is 4.79 Å². The normalized spacial score (nSPS) is 10.7. The molecule has 0 atom stereocenters. The van der Waals surface area contributed by atoms with Gasteiger partial charge in [0.15, 0.2) is 5.96 Å². The third kappa shape index (κ3) is 8.42. The predicted octanol–water partition coefficient (Wildman–Crippen LogP) is 2.25. The highest BCUT2D eigenvalue weighted by atomic mass is 127. The van der Waals surface area contributed by atoms with Crippen LogP contribution >= 0.6 is 24.0 Å². The molecule has 1 N–H and O–H groups in total. The van der Waals surface area contributed by atoms with Crippen molar-refractivity contribution in [1.29, 1.82) is 0 Å². The molecule has 0 saturated heterocycles. The van der Waals surface area contributed by atoms with Gasteiger partial charge in [-0.3, -0.25) is 4.79 Å². The maximum atomic E-state index is 11.8. The van der Waals surface area contributed by atoms with Crippen molar-refractivity contribution in [2.75, 3.05) is 53.2 Å². The molecule has 0 radical (unpaired) electrons. The topological polar surface area (TPSA) is 51.2 Å². The lowest BCUT2D eigenvalue weighted by molar-refractivity contribution is -0.127. The van der Waals surface area contributed by atoms with E-state index in [0.29, 0.717) is 0 Å². The highest BCUT2D eigenvalue weighted by molar-refractivity contribution is 14.0. The summed E-state index contributed by atoms with van der Waals surface area (Å²) in [7, 11) is 9.54. The highest BCUT2D eigenvalue weighted by Gasteiger charge is 2.10. The van der Waals surface area contributed by atoms with E-state index in [1.165, 1.54) is 11.3 Å². The van der Waals surface area contributed by atoms with Crippen LogP contribution in [0.5, 0.6) is 0 Å². The Morgan fingerprint density at radius 1 is 1.16 bits per heavy atom. The van der Waals surface area contributed by atoms with Crippen LogP contribution in [-0.2, 0) is 11.3 Å². The summed E-state index contributed by atoms with van der Waals surface area (Å²) in [4.78, 5) is 21.9. The van der Waals surface area contributed by atoms with Crippen LogP contribution in [-0.4, -0.2) is 70.0 Å². The summed E-state index contributed by atoms with van der Waals surface area (Å²) >= 11 is 0. The SMILES string of the molecule is CCCNC(=NCC(=O)N(C)C)N(C)Cc1cccc(N(C)C)c1.I. The van der Waals surface area contributed by atoms with Gasteiger partial charge in [-0.2, -0.15) is 0 Å². The second-order valence-electron chi connectivity index (χ2n) is 6.28. The van der Waals surface area contributed by atoms with E-state index in [1.54, 1.807) is 19.0 Å².